The second-order valence-electron chi connectivity index (χ2n) is 6.70. The number of nitrogens with one attached hydrogen (secondary N) is 1. The van der Waals surface area contributed by atoms with Gasteiger partial charge < -0.3 is 10.1 Å². The zero-order valence-corrected chi connectivity index (χ0v) is 16.6. The Morgan fingerprint density at radius 1 is 1.11 bits per heavy atom. The SMILES string of the molecule is COCc1ccccc1NC(=O)C1(S(=O)(=O)c2ccc(Cl)cc2)CCCC1. The van der Waals surface area contributed by atoms with Gasteiger partial charge in [0.25, 0.3) is 0 Å². The molecule has 0 saturated heterocycles. The number of amides is 1. The standard InChI is InChI=1S/C20H22ClNO4S/c1-26-14-15-6-2-3-7-18(15)22-19(23)20(12-4-5-13-20)27(24,25)17-10-8-16(21)9-11-17/h2-3,6-11H,4-5,12-14H2,1H3,(H,22,23). The molecule has 5 nitrogen and oxygen atoms in total. The zero-order chi connectivity index (χ0) is 19.5. The van der Waals surface area contributed by atoms with E-state index in [9.17, 15) is 13.2 Å². The number of hydrogen-bond donors (Lipinski definition) is 1. The van der Waals surface area contributed by atoms with Crippen LogP contribution in [0.4, 0.5) is 5.69 Å². The van der Waals surface area contributed by atoms with E-state index in [4.69, 9.17) is 16.3 Å². The molecule has 7 heteroatoms. The van der Waals surface area contributed by atoms with Gasteiger partial charge in [0.1, 0.15) is 0 Å². The number of halogens is 1. The van der Waals surface area contributed by atoms with E-state index in [1.165, 1.54) is 24.3 Å². The Bertz CT molecular complexity index is 919. The van der Waals surface area contributed by atoms with Gasteiger partial charge in [-0.2, -0.15) is 0 Å². The summed E-state index contributed by atoms with van der Waals surface area (Å²) in [6.07, 6.45) is 1.99. The molecule has 1 saturated carbocycles. The van der Waals surface area contributed by atoms with Crippen LogP contribution in [-0.4, -0.2) is 26.2 Å². The van der Waals surface area contributed by atoms with Crippen LogP contribution in [0.15, 0.2) is 53.4 Å². The first-order valence-electron chi connectivity index (χ1n) is 8.79. The first kappa shape index (κ1) is 19.9. The Kier molecular flexibility index (Phi) is 5.89. The number of para-hydroxylation sites is 1. The molecule has 0 spiro atoms. The van der Waals surface area contributed by atoms with Crippen LogP contribution in [0.1, 0.15) is 31.2 Å². The maximum atomic E-state index is 13.4. The van der Waals surface area contributed by atoms with Crippen molar-refractivity contribution >= 4 is 33.0 Å². The number of anilines is 1. The van der Waals surface area contributed by atoms with Crippen LogP contribution in [0.25, 0.3) is 0 Å². The lowest BCUT2D eigenvalue weighted by molar-refractivity contribution is -0.118. The third kappa shape index (κ3) is 3.74. The third-order valence-corrected chi connectivity index (χ3v) is 7.80. The van der Waals surface area contributed by atoms with Crippen molar-refractivity contribution in [3.8, 4) is 0 Å². The normalized spacial score (nSPS) is 16.2. The molecule has 0 atom stereocenters. The van der Waals surface area contributed by atoms with Crippen LogP contribution >= 0.6 is 11.6 Å². The first-order valence-corrected chi connectivity index (χ1v) is 10.7. The van der Waals surface area contributed by atoms with E-state index >= 15 is 0 Å². The summed E-state index contributed by atoms with van der Waals surface area (Å²) in [7, 11) is -2.29. The molecule has 1 N–H and O–H groups in total. The average molecular weight is 408 g/mol. The Morgan fingerprint density at radius 2 is 1.74 bits per heavy atom. The maximum Gasteiger partial charge on any atom is 0.246 e. The molecule has 1 aliphatic carbocycles. The predicted octanol–water partition coefficient (Wildman–Crippen LogP) is 4.21. The van der Waals surface area contributed by atoms with Crippen molar-refractivity contribution in [3.63, 3.8) is 0 Å². The maximum absolute atomic E-state index is 13.4. The molecular weight excluding hydrogens is 386 g/mol. The molecule has 3 rings (SSSR count). The smallest absolute Gasteiger partial charge is 0.246 e. The third-order valence-electron chi connectivity index (χ3n) is 5.03. The molecule has 0 radical (unpaired) electrons. The lowest BCUT2D eigenvalue weighted by atomic mass is 10.1. The predicted molar refractivity (Wildman–Crippen MR) is 106 cm³/mol. The Balaban J connectivity index is 1.97. The van der Waals surface area contributed by atoms with Crippen molar-refractivity contribution in [2.24, 2.45) is 0 Å². The second-order valence-corrected chi connectivity index (χ2v) is 9.40. The summed E-state index contributed by atoms with van der Waals surface area (Å²) in [5.74, 6) is -0.487. The van der Waals surface area contributed by atoms with E-state index in [2.05, 4.69) is 5.32 Å². The topological polar surface area (TPSA) is 72.5 Å². The van der Waals surface area contributed by atoms with E-state index in [1.807, 2.05) is 12.1 Å². The van der Waals surface area contributed by atoms with Crippen molar-refractivity contribution in [3.05, 3.63) is 59.1 Å². The molecule has 27 heavy (non-hydrogen) atoms. The summed E-state index contributed by atoms with van der Waals surface area (Å²) in [5.41, 5.74) is 1.37. The van der Waals surface area contributed by atoms with Gasteiger partial charge in [-0.25, -0.2) is 8.42 Å². The van der Waals surface area contributed by atoms with Gasteiger partial charge in [-0.1, -0.05) is 42.6 Å². The van der Waals surface area contributed by atoms with Crippen LogP contribution in [0.5, 0.6) is 0 Å². The number of rotatable bonds is 6. The van der Waals surface area contributed by atoms with E-state index in [1.54, 1.807) is 19.2 Å². The molecular formula is C20H22ClNO4S. The van der Waals surface area contributed by atoms with Crippen LogP contribution in [0.2, 0.25) is 5.02 Å². The molecule has 0 aliphatic heterocycles. The van der Waals surface area contributed by atoms with E-state index in [0.717, 1.165) is 5.56 Å². The summed E-state index contributed by atoms with van der Waals surface area (Å²) in [4.78, 5) is 13.3. The number of carbonyl (C=O) groups excluding carboxylic acids is 1. The molecule has 0 unspecified atom stereocenters. The van der Waals surface area contributed by atoms with Gasteiger partial charge in [-0.3, -0.25) is 4.79 Å². The molecule has 0 heterocycles. The minimum Gasteiger partial charge on any atom is -0.380 e. The summed E-state index contributed by atoms with van der Waals surface area (Å²) in [6, 6.07) is 13.2. The van der Waals surface area contributed by atoms with Crippen LogP contribution in [-0.2, 0) is 26.0 Å². The number of ether oxygens (including phenoxy) is 1. The number of methoxy groups -OCH3 is 1. The number of carbonyl (C=O) groups is 1. The number of sulfone groups is 1. The highest BCUT2D eigenvalue weighted by molar-refractivity contribution is 7.93. The molecule has 2 aromatic carbocycles. The van der Waals surface area contributed by atoms with Gasteiger partial charge in [0.2, 0.25) is 5.91 Å². The number of benzene rings is 2. The fourth-order valence-electron chi connectivity index (χ4n) is 3.56. The van der Waals surface area contributed by atoms with Crippen molar-refractivity contribution in [1.82, 2.24) is 0 Å². The summed E-state index contributed by atoms with van der Waals surface area (Å²) >= 11 is 5.89. The molecule has 2 aromatic rings. The van der Waals surface area contributed by atoms with E-state index in [-0.39, 0.29) is 4.90 Å². The van der Waals surface area contributed by atoms with Gasteiger partial charge in [0.15, 0.2) is 14.6 Å². The lowest BCUT2D eigenvalue weighted by Crippen LogP contribution is -2.47. The van der Waals surface area contributed by atoms with Crippen molar-refractivity contribution in [2.45, 2.75) is 41.9 Å². The van der Waals surface area contributed by atoms with E-state index in [0.29, 0.717) is 43.0 Å². The van der Waals surface area contributed by atoms with E-state index < -0.39 is 20.5 Å². The van der Waals surface area contributed by atoms with Crippen molar-refractivity contribution in [1.29, 1.82) is 0 Å². The quantitative estimate of drug-likeness (QED) is 0.778. The summed E-state index contributed by atoms with van der Waals surface area (Å²) in [5, 5.41) is 3.29. The van der Waals surface area contributed by atoms with Gasteiger partial charge in [0, 0.05) is 23.4 Å². The van der Waals surface area contributed by atoms with Gasteiger partial charge in [-0.05, 0) is 43.2 Å². The van der Waals surface area contributed by atoms with Crippen molar-refractivity contribution < 1.29 is 17.9 Å². The molecule has 1 fully saturated rings. The summed E-state index contributed by atoms with van der Waals surface area (Å²) in [6.45, 7) is 0.327. The fraction of sp³-hybridized carbons (Fsp3) is 0.350. The minimum atomic E-state index is -3.86. The second kappa shape index (κ2) is 8.00. The number of hydrogen-bond acceptors (Lipinski definition) is 4. The summed E-state index contributed by atoms with van der Waals surface area (Å²) < 4.78 is 30.5. The Morgan fingerprint density at radius 3 is 2.37 bits per heavy atom. The fourth-order valence-corrected chi connectivity index (χ4v) is 5.76. The molecule has 0 bridgehead atoms. The van der Waals surface area contributed by atoms with Crippen molar-refractivity contribution in [2.75, 3.05) is 12.4 Å². The molecule has 144 valence electrons. The zero-order valence-electron chi connectivity index (χ0n) is 15.1. The highest BCUT2D eigenvalue weighted by Gasteiger charge is 2.53. The van der Waals surface area contributed by atoms with Gasteiger partial charge in [0.05, 0.1) is 11.5 Å². The van der Waals surface area contributed by atoms with Gasteiger partial charge in [-0.15, -0.1) is 0 Å². The van der Waals surface area contributed by atoms with Crippen LogP contribution in [0.3, 0.4) is 0 Å². The average Bonchev–Trinajstić information content (AvgIpc) is 3.16. The lowest BCUT2D eigenvalue weighted by Gasteiger charge is -2.28. The highest BCUT2D eigenvalue weighted by Crippen LogP contribution is 2.41. The highest BCUT2D eigenvalue weighted by atomic mass is 35.5. The molecule has 1 aliphatic rings. The Labute approximate surface area is 164 Å². The largest absolute Gasteiger partial charge is 0.380 e. The van der Waals surface area contributed by atoms with Crippen LogP contribution < -0.4 is 5.32 Å². The molecule has 0 aromatic heterocycles. The molecule has 1 amide bonds. The minimum absolute atomic E-state index is 0.120. The van der Waals surface area contributed by atoms with Gasteiger partial charge >= 0.3 is 0 Å². The first-order chi connectivity index (χ1) is 12.9. The van der Waals surface area contributed by atoms with Crippen LogP contribution in [0, 0.1) is 0 Å². The Hall–Kier alpha value is -1.89. The monoisotopic (exact) mass is 407 g/mol.